The fourth-order valence-electron chi connectivity index (χ4n) is 4.48. The lowest BCUT2D eigenvalue weighted by Crippen LogP contribution is -2.57. The smallest absolute Gasteiger partial charge is 0.143 e. The van der Waals surface area contributed by atoms with Crippen molar-refractivity contribution in [1.82, 2.24) is 20.3 Å². The molecule has 4 rings (SSSR count). The summed E-state index contributed by atoms with van der Waals surface area (Å²) >= 11 is 0. The van der Waals surface area contributed by atoms with Gasteiger partial charge >= 0.3 is 0 Å². The number of aromatic hydroxyl groups is 1. The maximum Gasteiger partial charge on any atom is 0.143 e. The predicted octanol–water partition coefficient (Wildman–Crippen LogP) is 4.15. The predicted molar refractivity (Wildman–Crippen MR) is 104 cm³/mol. The van der Waals surface area contributed by atoms with Crippen LogP contribution >= 0.6 is 0 Å². The van der Waals surface area contributed by atoms with E-state index in [0.717, 1.165) is 23.9 Å². The van der Waals surface area contributed by atoms with E-state index < -0.39 is 0 Å². The lowest BCUT2D eigenvalue weighted by molar-refractivity contribution is 0.162. The zero-order valence-corrected chi connectivity index (χ0v) is 15.8. The molecule has 0 aliphatic carbocycles. The molecule has 5 heteroatoms. The SMILES string of the molecule is CC1(C)CC(c2ccc(O)c(-n3nc4ccccc4n3)c2)CC(C)(C)N1. The van der Waals surface area contributed by atoms with Gasteiger partial charge in [0.25, 0.3) is 0 Å². The van der Waals surface area contributed by atoms with Crippen molar-refractivity contribution in [2.75, 3.05) is 0 Å². The number of nitrogens with one attached hydrogen (secondary N) is 1. The van der Waals surface area contributed by atoms with Gasteiger partial charge in [0.2, 0.25) is 0 Å². The molecule has 136 valence electrons. The highest BCUT2D eigenvalue weighted by atomic mass is 16.3. The molecule has 0 bridgehead atoms. The number of hydrogen-bond donors (Lipinski definition) is 2. The first-order valence-corrected chi connectivity index (χ1v) is 9.17. The van der Waals surface area contributed by atoms with Crippen LogP contribution in [-0.4, -0.2) is 31.2 Å². The summed E-state index contributed by atoms with van der Waals surface area (Å²) in [7, 11) is 0. The summed E-state index contributed by atoms with van der Waals surface area (Å²) in [5.74, 6) is 0.618. The van der Waals surface area contributed by atoms with Crippen LogP contribution in [0, 0.1) is 0 Å². The van der Waals surface area contributed by atoms with E-state index in [4.69, 9.17) is 0 Å². The lowest BCUT2D eigenvalue weighted by Gasteiger charge is -2.46. The first-order valence-electron chi connectivity index (χ1n) is 9.17. The van der Waals surface area contributed by atoms with Gasteiger partial charge in [0.15, 0.2) is 0 Å². The van der Waals surface area contributed by atoms with Gasteiger partial charge in [-0.25, -0.2) is 0 Å². The maximum absolute atomic E-state index is 10.4. The highest BCUT2D eigenvalue weighted by molar-refractivity contribution is 5.73. The van der Waals surface area contributed by atoms with E-state index in [1.807, 2.05) is 36.4 Å². The number of nitrogens with zero attached hydrogens (tertiary/aromatic N) is 3. The van der Waals surface area contributed by atoms with Gasteiger partial charge < -0.3 is 10.4 Å². The van der Waals surface area contributed by atoms with Crippen molar-refractivity contribution in [2.24, 2.45) is 0 Å². The van der Waals surface area contributed by atoms with Gasteiger partial charge in [0, 0.05) is 11.1 Å². The lowest BCUT2D eigenvalue weighted by atomic mass is 9.73. The monoisotopic (exact) mass is 350 g/mol. The summed E-state index contributed by atoms with van der Waals surface area (Å²) < 4.78 is 0. The summed E-state index contributed by atoms with van der Waals surface area (Å²) in [5.41, 5.74) is 3.64. The largest absolute Gasteiger partial charge is 0.506 e. The first kappa shape index (κ1) is 17.0. The molecule has 26 heavy (non-hydrogen) atoms. The van der Waals surface area contributed by atoms with Crippen LogP contribution in [0.4, 0.5) is 0 Å². The average Bonchev–Trinajstić information content (AvgIpc) is 2.96. The average molecular weight is 350 g/mol. The van der Waals surface area contributed by atoms with Gasteiger partial charge in [0.05, 0.1) is 0 Å². The van der Waals surface area contributed by atoms with Crippen LogP contribution in [0.15, 0.2) is 42.5 Å². The minimum Gasteiger partial charge on any atom is -0.506 e. The molecule has 0 atom stereocenters. The Hall–Kier alpha value is -2.40. The number of aromatic nitrogens is 3. The van der Waals surface area contributed by atoms with E-state index in [0.29, 0.717) is 11.6 Å². The Morgan fingerprint density at radius 3 is 2.12 bits per heavy atom. The van der Waals surface area contributed by atoms with Gasteiger partial charge in [-0.15, -0.1) is 15.0 Å². The quantitative estimate of drug-likeness (QED) is 0.729. The van der Waals surface area contributed by atoms with Gasteiger partial charge in [-0.2, -0.15) is 0 Å². The fourth-order valence-corrected chi connectivity index (χ4v) is 4.48. The Balaban J connectivity index is 1.74. The summed E-state index contributed by atoms with van der Waals surface area (Å²) in [6, 6.07) is 13.6. The van der Waals surface area contributed by atoms with Crippen molar-refractivity contribution < 1.29 is 5.11 Å². The molecule has 1 aliphatic rings. The Bertz CT molecular complexity index is 909. The summed E-state index contributed by atoms with van der Waals surface area (Å²) in [5, 5.41) is 23.2. The number of benzene rings is 2. The van der Waals surface area contributed by atoms with Crippen LogP contribution in [0.3, 0.4) is 0 Å². The molecule has 1 aliphatic heterocycles. The summed E-state index contributed by atoms with van der Waals surface area (Å²) in [4.78, 5) is 1.54. The van der Waals surface area contributed by atoms with Gasteiger partial charge in [-0.1, -0.05) is 18.2 Å². The molecule has 3 aromatic rings. The van der Waals surface area contributed by atoms with Crippen LogP contribution in [0.2, 0.25) is 0 Å². The molecule has 1 aromatic heterocycles. The Morgan fingerprint density at radius 1 is 0.962 bits per heavy atom. The highest BCUT2D eigenvalue weighted by Crippen LogP contribution is 2.40. The van der Waals surface area contributed by atoms with Crippen molar-refractivity contribution in [3.05, 3.63) is 48.0 Å². The van der Waals surface area contributed by atoms with Crippen LogP contribution in [0.1, 0.15) is 52.0 Å². The van der Waals surface area contributed by atoms with E-state index in [9.17, 15) is 5.11 Å². The van der Waals surface area contributed by atoms with Gasteiger partial charge in [0.1, 0.15) is 22.5 Å². The third kappa shape index (κ3) is 3.19. The molecule has 0 saturated carbocycles. The third-order valence-electron chi connectivity index (χ3n) is 5.16. The van der Waals surface area contributed by atoms with Crippen LogP contribution < -0.4 is 5.32 Å². The van der Waals surface area contributed by atoms with E-state index in [1.54, 1.807) is 10.9 Å². The molecule has 2 heterocycles. The molecule has 0 unspecified atom stereocenters. The fraction of sp³-hybridized carbons (Fsp3) is 0.429. The standard InChI is InChI=1S/C21H26N4O/c1-20(2)12-15(13-21(3,4)24-20)14-9-10-19(26)18(11-14)25-22-16-7-5-6-8-17(16)23-25/h5-11,15,24,26H,12-13H2,1-4H3. The molecule has 0 spiro atoms. The summed E-state index contributed by atoms with van der Waals surface area (Å²) in [6.45, 7) is 9.02. The number of rotatable bonds is 2. The number of hydrogen-bond acceptors (Lipinski definition) is 4. The topological polar surface area (TPSA) is 63.0 Å². The second-order valence-electron chi connectivity index (χ2n) is 8.72. The van der Waals surface area contributed by atoms with Crippen molar-refractivity contribution in [1.29, 1.82) is 0 Å². The minimum absolute atomic E-state index is 0.0725. The van der Waals surface area contributed by atoms with E-state index in [1.165, 1.54) is 5.56 Å². The second kappa shape index (κ2) is 5.81. The molecular formula is C21H26N4O. The van der Waals surface area contributed by atoms with Crippen molar-refractivity contribution in [2.45, 2.75) is 57.5 Å². The van der Waals surface area contributed by atoms with Crippen molar-refractivity contribution in [3.63, 3.8) is 0 Å². The number of piperidine rings is 1. The molecule has 0 amide bonds. The van der Waals surface area contributed by atoms with Gasteiger partial charge in [-0.05, 0) is 76.3 Å². The number of phenols is 1. The third-order valence-corrected chi connectivity index (χ3v) is 5.16. The van der Waals surface area contributed by atoms with Crippen LogP contribution in [-0.2, 0) is 0 Å². The molecule has 2 aromatic carbocycles. The van der Waals surface area contributed by atoms with Crippen LogP contribution in [0.25, 0.3) is 16.7 Å². The Labute approximate surface area is 154 Å². The maximum atomic E-state index is 10.4. The highest BCUT2D eigenvalue weighted by Gasteiger charge is 2.38. The zero-order valence-electron chi connectivity index (χ0n) is 15.8. The molecule has 1 saturated heterocycles. The van der Waals surface area contributed by atoms with Gasteiger partial charge in [-0.3, -0.25) is 0 Å². The van der Waals surface area contributed by atoms with E-state index in [-0.39, 0.29) is 16.8 Å². The second-order valence-corrected chi connectivity index (χ2v) is 8.72. The molecule has 1 fully saturated rings. The van der Waals surface area contributed by atoms with E-state index in [2.05, 4.69) is 43.2 Å². The molecule has 2 N–H and O–H groups in total. The molecule has 0 radical (unpaired) electrons. The normalized spacial score (nSPS) is 19.7. The first-order chi connectivity index (χ1) is 12.2. The Morgan fingerprint density at radius 2 is 1.54 bits per heavy atom. The molecule has 5 nitrogen and oxygen atoms in total. The number of phenolic OH excluding ortho intramolecular Hbond substituents is 1. The molecular weight excluding hydrogens is 324 g/mol. The number of fused-ring (bicyclic) bond motifs is 1. The van der Waals surface area contributed by atoms with Crippen LogP contribution in [0.5, 0.6) is 5.75 Å². The minimum atomic E-state index is 0.0725. The Kier molecular flexibility index (Phi) is 3.81. The van der Waals surface area contributed by atoms with E-state index >= 15 is 0 Å². The zero-order chi connectivity index (χ0) is 18.5. The van der Waals surface area contributed by atoms with Crippen molar-refractivity contribution >= 4 is 11.0 Å². The summed E-state index contributed by atoms with van der Waals surface area (Å²) in [6.07, 6.45) is 2.10. The van der Waals surface area contributed by atoms with Crippen molar-refractivity contribution in [3.8, 4) is 11.4 Å².